The molecule has 0 radical (unpaired) electrons. The Balaban J connectivity index is 2.98. The van der Waals surface area contributed by atoms with Gasteiger partial charge in [0.05, 0.1) is 24.1 Å². The van der Waals surface area contributed by atoms with Crippen molar-refractivity contribution in [3.8, 4) is 5.75 Å². The van der Waals surface area contributed by atoms with Gasteiger partial charge in [0.15, 0.2) is 0 Å². The Morgan fingerprint density at radius 3 is 2.57 bits per heavy atom. The summed E-state index contributed by atoms with van der Waals surface area (Å²) in [5.41, 5.74) is 0.316. The van der Waals surface area contributed by atoms with E-state index >= 15 is 0 Å². The topological polar surface area (TPSA) is 75.7 Å². The van der Waals surface area contributed by atoms with Crippen LogP contribution < -0.4 is 14.4 Å². The number of hydrogen-bond acceptors (Lipinski definition) is 4. The fraction of sp³-hybridized carbons (Fsp3) is 0.533. The second-order valence-electron chi connectivity index (χ2n) is 5.35. The van der Waals surface area contributed by atoms with E-state index in [4.69, 9.17) is 16.3 Å². The summed E-state index contributed by atoms with van der Waals surface area (Å²) in [7, 11) is -2.15. The molecule has 0 fully saturated rings. The van der Waals surface area contributed by atoms with E-state index in [1.165, 1.54) is 13.2 Å². The molecule has 1 rings (SSSR count). The smallest absolute Gasteiger partial charge is 0.240 e. The number of rotatable bonds is 8. The molecule has 1 N–H and O–H groups in total. The molecule has 1 atom stereocenters. The fourth-order valence-electron chi connectivity index (χ4n) is 2.17. The van der Waals surface area contributed by atoms with Crippen molar-refractivity contribution < 1.29 is 17.9 Å². The lowest BCUT2D eigenvalue weighted by Crippen LogP contribution is -2.43. The first-order chi connectivity index (χ1) is 10.7. The zero-order chi connectivity index (χ0) is 17.6. The maximum absolute atomic E-state index is 12.1. The first kappa shape index (κ1) is 19.6. The molecule has 0 bridgehead atoms. The first-order valence-corrected chi connectivity index (χ1v) is 9.52. The minimum atomic E-state index is -3.62. The average molecular weight is 363 g/mol. The Morgan fingerprint density at radius 2 is 2.09 bits per heavy atom. The lowest BCUT2D eigenvalue weighted by molar-refractivity contribution is -0.120. The molecule has 1 aromatic carbocycles. The number of hydrogen-bond donors (Lipinski definition) is 1. The summed E-state index contributed by atoms with van der Waals surface area (Å²) in [6.07, 6.45) is 2.82. The van der Waals surface area contributed by atoms with Crippen molar-refractivity contribution in [1.29, 1.82) is 0 Å². The molecule has 130 valence electrons. The van der Waals surface area contributed by atoms with Gasteiger partial charge in [0.1, 0.15) is 12.3 Å². The minimum Gasteiger partial charge on any atom is -0.495 e. The standard InChI is InChI=1S/C15H23ClN2O4S/c1-5-6-11(2)17-15(19)10-18(23(4,20)21)12-7-8-14(22-3)13(16)9-12/h7-9,11H,5-6,10H2,1-4H3,(H,17,19)/t11-/m1/s1. The maximum atomic E-state index is 12.1. The van der Waals surface area contributed by atoms with Crippen molar-refractivity contribution >= 4 is 33.2 Å². The highest BCUT2D eigenvalue weighted by Gasteiger charge is 2.22. The number of nitrogens with zero attached hydrogens (tertiary/aromatic N) is 1. The molecular weight excluding hydrogens is 340 g/mol. The van der Waals surface area contributed by atoms with E-state index in [0.29, 0.717) is 11.4 Å². The highest BCUT2D eigenvalue weighted by molar-refractivity contribution is 7.92. The Hall–Kier alpha value is -1.47. The molecule has 0 saturated carbocycles. The molecule has 0 aliphatic heterocycles. The third kappa shape index (κ3) is 5.91. The number of halogens is 1. The van der Waals surface area contributed by atoms with E-state index in [9.17, 15) is 13.2 Å². The molecule has 0 aromatic heterocycles. The van der Waals surface area contributed by atoms with Gasteiger partial charge in [-0.2, -0.15) is 0 Å². The molecular formula is C15H23ClN2O4S. The second kappa shape index (κ2) is 8.40. The Labute approximate surface area is 142 Å². The molecule has 1 amide bonds. The van der Waals surface area contributed by atoms with Crippen LogP contribution in [-0.2, 0) is 14.8 Å². The highest BCUT2D eigenvalue weighted by atomic mass is 35.5. The summed E-state index contributed by atoms with van der Waals surface area (Å²) in [5, 5.41) is 3.06. The number of methoxy groups -OCH3 is 1. The lowest BCUT2D eigenvalue weighted by atomic mass is 10.2. The summed E-state index contributed by atoms with van der Waals surface area (Å²) < 4.78 is 30.1. The van der Waals surface area contributed by atoms with Gasteiger partial charge >= 0.3 is 0 Å². The lowest BCUT2D eigenvalue weighted by Gasteiger charge is -2.23. The van der Waals surface area contributed by atoms with E-state index in [1.54, 1.807) is 12.1 Å². The number of carbonyl (C=O) groups excluding carboxylic acids is 1. The number of carbonyl (C=O) groups is 1. The van der Waals surface area contributed by atoms with Crippen LogP contribution in [0.4, 0.5) is 5.69 Å². The quantitative estimate of drug-likeness (QED) is 0.770. The van der Waals surface area contributed by atoms with Crippen LogP contribution in [0.3, 0.4) is 0 Å². The van der Waals surface area contributed by atoms with Gasteiger partial charge in [-0.25, -0.2) is 8.42 Å². The molecule has 0 spiro atoms. The SMILES string of the molecule is CCC[C@@H](C)NC(=O)CN(c1ccc(OC)c(Cl)c1)S(C)(=O)=O. The molecule has 6 nitrogen and oxygen atoms in total. The van der Waals surface area contributed by atoms with Crippen molar-refractivity contribution in [1.82, 2.24) is 5.32 Å². The van der Waals surface area contributed by atoms with Crippen LogP contribution in [0.5, 0.6) is 5.75 Å². The summed E-state index contributed by atoms with van der Waals surface area (Å²) in [6.45, 7) is 3.61. The summed E-state index contributed by atoms with van der Waals surface area (Å²) >= 11 is 6.04. The maximum Gasteiger partial charge on any atom is 0.240 e. The van der Waals surface area contributed by atoms with Crippen molar-refractivity contribution in [3.63, 3.8) is 0 Å². The van der Waals surface area contributed by atoms with E-state index in [0.717, 1.165) is 23.4 Å². The van der Waals surface area contributed by atoms with Crippen LogP contribution >= 0.6 is 11.6 Å². The monoisotopic (exact) mass is 362 g/mol. The minimum absolute atomic E-state index is 0.00614. The van der Waals surface area contributed by atoms with Crippen molar-refractivity contribution in [3.05, 3.63) is 23.2 Å². The van der Waals surface area contributed by atoms with Crippen LogP contribution in [0.15, 0.2) is 18.2 Å². The third-order valence-corrected chi connectivity index (χ3v) is 4.68. The van der Waals surface area contributed by atoms with E-state index < -0.39 is 10.0 Å². The third-order valence-electron chi connectivity index (χ3n) is 3.24. The Morgan fingerprint density at radius 1 is 1.43 bits per heavy atom. The highest BCUT2D eigenvalue weighted by Crippen LogP contribution is 2.30. The number of anilines is 1. The predicted molar refractivity (Wildman–Crippen MR) is 92.7 cm³/mol. The van der Waals surface area contributed by atoms with Crippen LogP contribution in [-0.4, -0.2) is 40.3 Å². The number of ether oxygens (including phenoxy) is 1. The summed E-state index contributed by atoms with van der Waals surface area (Å²) in [6, 6.07) is 4.57. The molecule has 0 aliphatic rings. The van der Waals surface area contributed by atoms with Crippen LogP contribution in [0.2, 0.25) is 5.02 Å². The predicted octanol–water partition coefficient (Wildman–Crippen LogP) is 2.42. The van der Waals surface area contributed by atoms with Gasteiger partial charge in [0, 0.05) is 6.04 Å². The zero-order valence-electron chi connectivity index (χ0n) is 13.8. The zero-order valence-corrected chi connectivity index (χ0v) is 15.4. The Kier molecular flexibility index (Phi) is 7.15. The summed E-state index contributed by atoms with van der Waals surface area (Å²) in [4.78, 5) is 12.1. The van der Waals surface area contributed by atoms with E-state index in [2.05, 4.69) is 5.32 Å². The normalized spacial score (nSPS) is 12.6. The van der Waals surface area contributed by atoms with E-state index in [-0.39, 0.29) is 23.5 Å². The van der Waals surface area contributed by atoms with Gasteiger partial charge < -0.3 is 10.1 Å². The Bertz CT molecular complexity index is 649. The molecule has 0 saturated heterocycles. The largest absolute Gasteiger partial charge is 0.495 e. The number of nitrogens with one attached hydrogen (secondary N) is 1. The number of sulfonamides is 1. The second-order valence-corrected chi connectivity index (χ2v) is 7.66. The van der Waals surface area contributed by atoms with Crippen LogP contribution in [0.1, 0.15) is 26.7 Å². The molecule has 0 unspecified atom stereocenters. The van der Waals surface area contributed by atoms with Gasteiger partial charge in [-0.1, -0.05) is 24.9 Å². The summed E-state index contributed by atoms with van der Waals surface area (Å²) in [5.74, 6) is 0.0770. The molecule has 0 heterocycles. The van der Waals surface area contributed by atoms with Gasteiger partial charge in [0.25, 0.3) is 0 Å². The van der Waals surface area contributed by atoms with E-state index in [1.807, 2.05) is 13.8 Å². The molecule has 1 aromatic rings. The molecule has 23 heavy (non-hydrogen) atoms. The molecule has 0 aliphatic carbocycles. The fourth-order valence-corrected chi connectivity index (χ4v) is 3.27. The number of amides is 1. The van der Waals surface area contributed by atoms with Gasteiger partial charge in [-0.05, 0) is 31.5 Å². The van der Waals surface area contributed by atoms with Crippen molar-refractivity contribution in [2.24, 2.45) is 0 Å². The molecule has 8 heteroatoms. The van der Waals surface area contributed by atoms with Crippen LogP contribution in [0, 0.1) is 0 Å². The average Bonchev–Trinajstić information content (AvgIpc) is 2.43. The number of benzene rings is 1. The first-order valence-electron chi connectivity index (χ1n) is 7.29. The van der Waals surface area contributed by atoms with Gasteiger partial charge in [0.2, 0.25) is 15.9 Å². The van der Waals surface area contributed by atoms with Crippen molar-refractivity contribution in [2.75, 3.05) is 24.2 Å². The van der Waals surface area contributed by atoms with Gasteiger partial charge in [-0.15, -0.1) is 0 Å². The van der Waals surface area contributed by atoms with Gasteiger partial charge in [-0.3, -0.25) is 9.10 Å². The van der Waals surface area contributed by atoms with Crippen LogP contribution in [0.25, 0.3) is 0 Å². The van der Waals surface area contributed by atoms with Crippen molar-refractivity contribution in [2.45, 2.75) is 32.7 Å².